The molecular formula is C10H19BO2. The predicted octanol–water partition coefficient (Wildman–Crippen LogP) is 2.65. The molecule has 0 radical (unpaired) electrons. The smallest absolute Gasteiger partial charge is 0.406 e. The molecule has 3 heteroatoms. The van der Waals surface area contributed by atoms with E-state index in [-0.39, 0.29) is 18.3 Å². The summed E-state index contributed by atoms with van der Waals surface area (Å²) in [6.07, 6.45) is 3.52. The maximum Gasteiger partial charge on any atom is 0.461 e. The van der Waals surface area contributed by atoms with Gasteiger partial charge in [0.25, 0.3) is 0 Å². The Morgan fingerprint density at radius 2 is 1.69 bits per heavy atom. The Morgan fingerprint density at radius 1 is 1.23 bits per heavy atom. The summed E-state index contributed by atoms with van der Waals surface area (Å²) in [5, 5.41) is 0. The fourth-order valence-corrected chi connectivity index (χ4v) is 2.08. The quantitative estimate of drug-likeness (QED) is 0.482. The van der Waals surface area contributed by atoms with Crippen molar-refractivity contribution in [1.82, 2.24) is 0 Å². The normalized spacial score (nSPS) is 25.7. The molecule has 0 aromatic carbocycles. The van der Waals surface area contributed by atoms with Crippen LogP contribution in [0.3, 0.4) is 0 Å². The molecule has 0 aromatic heterocycles. The van der Waals surface area contributed by atoms with E-state index >= 15 is 0 Å². The van der Waals surface area contributed by atoms with Crippen molar-refractivity contribution in [2.75, 3.05) is 0 Å². The van der Waals surface area contributed by atoms with Gasteiger partial charge in [0.1, 0.15) is 0 Å². The van der Waals surface area contributed by atoms with Crippen LogP contribution in [0.15, 0.2) is 12.7 Å². The van der Waals surface area contributed by atoms with Crippen LogP contribution < -0.4 is 0 Å². The highest BCUT2D eigenvalue weighted by Crippen LogP contribution is 2.33. The van der Waals surface area contributed by atoms with E-state index in [2.05, 4.69) is 34.3 Å². The summed E-state index contributed by atoms with van der Waals surface area (Å²) in [5.41, 5.74) is -0.176. The van der Waals surface area contributed by atoms with Gasteiger partial charge in [-0.05, 0) is 27.7 Å². The Kier molecular flexibility index (Phi) is 2.88. The number of hydrogen-bond donors (Lipinski definition) is 0. The predicted molar refractivity (Wildman–Crippen MR) is 55.7 cm³/mol. The molecule has 0 aliphatic carbocycles. The van der Waals surface area contributed by atoms with Crippen LogP contribution in [0.2, 0.25) is 6.32 Å². The van der Waals surface area contributed by atoms with Gasteiger partial charge in [-0.2, -0.15) is 0 Å². The first kappa shape index (κ1) is 10.8. The molecule has 2 nitrogen and oxygen atoms in total. The number of hydrogen-bond acceptors (Lipinski definition) is 2. The van der Waals surface area contributed by atoms with Gasteiger partial charge in [-0.3, -0.25) is 0 Å². The summed E-state index contributed by atoms with van der Waals surface area (Å²) in [6.45, 7) is 12.1. The van der Waals surface area contributed by atoms with Gasteiger partial charge in [-0.15, -0.1) is 6.58 Å². The Hall–Kier alpha value is -0.275. The summed E-state index contributed by atoms with van der Waals surface area (Å²) in [6, 6.07) is 0. The molecule has 0 atom stereocenters. The van der Waals surface area contributed by atoms with E-state index in [0.29, 0.717) is 0 Å². The molecule has 13 heavy (non-hydrogen) atoms. The lowest BCUT2D eigenvalue weighted by Crippen LogP contribution is -2.51. The molecule has 1 fully saturated rings. The lowest BCUT2D eigenvalue weighted by Gasteiger charge is -2.44. The standard InChI is InChI=1S/C10H19BO2/c1-6-7-11-12-9(2,3)8-10(4,5)13-11/h6H,1,7-8H2,2-5H3. The van der Waals surface area contributed by atoms with E-state index in [0.717, 1.165) is 12.7 Å². The lowest BCUT2D eigenvalue weighted by molar-refractivity contribution is -0.0757. The van der Waals surface area contributed by atoms with Crippen LogP contribution in [-0.2, 0) is 9.31 Å². The van der Waals surface area contributed by atoms with Gasteiger partial charge >= 0.3 is 7.12 Å². The summed E-state index contributed by atoms with van der Waals surface area (Å²) in [7, 11) is -0.128. The molecule has 0 aromatic rings. The molecule has 1 heterocycles. The van der Waals surface area contributed by atoms with E-state index in [1.54, 1.807) is 0 Å². The van der Waals surface area contributed by atoms with Crippen molar-refractivity contribution in [3.05, 3.63) is 12.7 Å². The molecule has 1 rings (SSSR count). The van der Waals surface area contributed by atoms with Crippen LogP contribution in [0.4, 0.5) is 0 Å². The van der Waals surface area contributed by atoms with Crippen molar-refractivity contribution < 1.29 is 9.31 Å². The molecule has 1 saturated heterocycles. The Balaban J connectivity index is 2.66. The minimum Gasteiger partial charge on any atom is -0.406 e. The van der Waals surface area contributed by atoms with Gasteiger partial charge in [-0.25, -0.2) is 0 Å². The fourth-order valence-electron chi connectivity index (χ4n) is 2.08. The largest absolute Gasteiger partial charge is 0.461 e. The van der Waals surface area contributed by atoms with Gasteiger partial charge < -0.3 is 9.31 Å². The number of allylic oxidation sites excluding steroid dienone is 1. The second-order valence-electron chi connectivity index (χ2n) is 4.89. The fraction of sp³-hybridized carbons (Fsp3) is 0.800. The second kappa shape index (κ2) is 3.47. The molecule has 0 bridgehead atoms. The minimum atomic E-state index is -0.128. The Morgan fingerprint density at radius 3 is 2.08 bits per heavy atom. The van der Waals surface area contributed by atoms with E-state index in [9.17, 15) is 0 Å². The van der Waals surface area contributed by atoms with Gasteiger partial charge in [0.15, 0.2) is 0 Å². The zero-order valence-electron chi connectivity index (χ0n) is 9.09. The molecule has 0 unspecified atom stereocenters. The summed E-state index contributed by atoms with van der Waals surface area (Å²) < 4.78 is 11.5. The van der Waals surface area contributed by atoms with Crippen LogP contribution in [0, 0.1) is 0 Å². The highest BCUT2D eigenvalue weighted by atomic mass is 16.6. The minimum absolute atomic E-state index is 0.0879. The SMILES string of the molecule is C=CCB1OC(C)(C)CC(C)(C)O1. The molecule has 0 N–H and O–H groups in total. The molecule has 1 aliphatic rings. The maximum atomic E-state index is 5.76. The first-order chi connectivity index (χ1) is 5.85. The monoisotopic (exact) mass is 182 g/mol. The Labute approximate surface area is 81.4 Å². The van der Waals surface area contributed by atoms with Crippen molar-refractivity contribution in [2.24, 2.45) is 0 Å². The third-order valence-corrected chi connectivity index (χ3v) is 2.11. The molecule has 0 saturated carbocycles. The molecule has 1 aliphatic heterocycles. The molecule has 0 spiro atoms. The van der Waals surface area contributed by atoms with Crippen molar-refractivity contribution in [3.8, 4) is 0 Å². The molecular weight excluding hydrogens is 163 g/mol. The van der Waals surface area contributed by atoms with E-state index in [1.807, 2.05) is 6.08 Å². The topological polar surface area (TPSA) is 18.5 Å². The van der Waals surface area contributed by atoms with Crippen molar-refractivity contribution in [2.45, 2.75) is 51.6 Å². The average Bonchev–Trinajstić information content (AvgIpc) is 1.78. The first-order valence-electron chi connectivity index (χ1n) is 4.81. The molecule has 0 amide bonds. The van der Waals surface area contributed by atoms with E-state index in [4.69, 9.17) is 9.31 Å². The lowest BCUT2D eigenvalue weighted by atomic mass is 9.76. The van der Waals surface area contributed by atoms with Crippen LogP contribution >= 0.6 is 0 Å². The van der Waals surface area contributed by atoms with Crippen LogP contribution in [0.1, 0.15) is 34.1 Å². The highest BCUT2D eigenvalue weighted by Gasteiger charge is 2.41. The summed E-state index contributed by atoms with van der Waals surface area (Å²) in [4.78, 5) is 0. The highest BCUT2D eigenvalue weighted by molar-refractivity contribution is 6.45. The molecule has 74 valence electrons. The van der Waals surface area contributed by atoms with Crippen LogP contribution in [0.5, 0.6) is 0 Å². The third-order valence-electron chi connectivity index (χ3n) is 2.11. The van der Waals surface area contributed by atoms with Gasteiger partial charge in [-0.1, -0.05) is 6.08 Å². The maximum absolute atomic E-state index is 5.76. The van der Waals surface area contributed by atoms with Crippen LogP contribution in [-0.4, -0.2) is 18.3 Å². The van der Waals surface area contributed by atoms with Crippen molar-refractivity contribution in [3.63, 3.8) is 0 Å². The Bertz CT molecular complexity index is 183. The van der Waals surface area contributed by atoms with Gasteiger partial charge in [0.2, 0.25) is 0 Å². The van der Waals surface area contributed by atoms with Crippen molar-refractivity contribution >= 4 is 7.12 Å². The first-order valence-corrected chi connectivity index (χ1v) is 4.81. The van der Waals surface area contributed by atoms with E-state index < -0.39 is 0 Å². The van der Waals surface area contributed by atoms with E-state index in [1.165, 1.54) is 0 Å². The van der Waals surface area contributed by atoms with Crippen LogP contribution in [0.25, 0.3) is 0 Å². The zero-order chi connectivity index (χ0) is 10.1. The zero-order valence-corrected chi connectivity index (χ0v) is 9.09. The van der Waals surface area contributed by atoms with Gasteiger partial charge in [0.05, 0.1) is 11.2 Å². The van der Waals surface area contributed by atoms with Crippen molar-refractivity contribution in [1.29, 1.82) is 0 Å². The third kappa shape index (κ3) is 3.16. The van der Waals surface area contributed by atoms with Gasteiger partial charge in [0, 0.05) is 12.7 Å². The summed E-state index contributed by atoms with van der Waals surface area (Å²) >= 11 is 0. The summed E-state index contributed by atoms with van der Waals surface area (Å²) in [5.74, 6) is 0. The second-order valence-corrected chi connectivity index (χ2v) is 4.89. The average molecular weight is 182 g/mol. The number of rotatable bonds is 2.